The third-order valence-electron chi connectivity index (χ3n) is 8.26. The van der Waals surface area contributed by atoms with Crippen molar-refractivity contribution in [1.29, 1.82) is 0 Å². The van der Waals surface area contributed by atoms with E-state index in [-0.39, 0.29) is 37.7 Å². The van der Waals surface area contributed by atoms with E-state index in [4.69, 9.17) is 10.8 Å². The Kier molecular flexibility index (Phi) is 11.1. The molecule has 0 radical (unpaired) electrons. The van der Waals surface area contributed by atoms with Gasteiger partial charge < -0.3 is 31.5 Å². The molecule has 44 heavy (non-hydrogen) atoms. The molecule has 9 nitrogen and oxygen atoms in total. The molecule has 1 aliphatic heterocycles. The van der Waals surface area contributed by atoms with E-state index in [0.717, 1.165) is 11.1 Å². The molecule has 10 heteroatoms. The van der Waals surface area contributed by atoms with Gasteiger partial charge in [0.05, 0.1) is 5.60 Å². The molecule has 3 amide bonds. The van der Waals surface area contributed by atoms with Crippen LogP contribution in [0.15, 0.2) is 66.7 Å². The van der Waals surface area contributed by atoms with Crippen molar-refractivity contribution >= 4 is 17.9 Å². The van der Waals surface area contributed by atoms with Crippen LogP contribution in [-0.2, 0) is 16.9 Å². The van der Waals surface area contributed by atoms with E-state index in [0.29, 0.717) is 61.2 Å². The first-order valence-electron chi connectivity index (χ1n) is 15.0. The van der Waals surface area contributed by atoms with Crippen LogP contribution in [-0.4, -0.2) is 59.2 Å². The smallest absolute Gasteiger partial charge is 0.404 e. The molecule has 4 rings (SSSR count). The highest BCUT2D eigenvalue weighted by Crippen LogP contribution is 2.44. The fraction of sp³-hybridized carbons (Fsp3) is 0.382. The molecule has 1 heterocycles. The van der Waals surface area contributed by atoms with Gasteiger partial charge >= 0.3 is 6.09 Å². The summed E-state index contributed by atoms with van der Waals surface area (Å²) >= 11 is 0. The Bertz CT molecular complexity index is 1460. The van der Waals surface area contributed by atoms with E-state index in [1.54, 1.807) is 29.2 Å². The summed E-state index contributed by atoms with van der Waals surface area (Å²) in [5, 5.41) is 27.1. The van der Waals surface area contributed by atoms with Crippen LogP contribution in [0.3, 0.4) is 0 Å². The number of nitrogens with two attached hydrogens (primary N) is 1. The van der Waals surface area contributed by atoms with Gasteiger partial charge in [-0.1, -0.05) is 54.1 Å². The minimum atomic E-state index is -1.53. The summed E-state index contributed by atoms with van der Waals surface area (Å²) in [5.41, 5.74) is 7.48. The number of piperidine rings is 1. The molecule has 0 unspecified atom stereocenters. The van der Waals surface area contributed by atoms with Gasteiger partial charge in [-0.05, 0) is 67.5 Å². The van der Waals surface area contributed by atoms with E-state index in [9.17, 15) is 19.5 Å². The lowest BCUT2D eigenvalue weighted by Gasteiger charge is -2.43. The zero-order valence-corrected chi connectivity index (χ0v) is 25.0. The standard InChI is InChI=1S/C34H41FN4O5/c1-23-6-2-7-26(20-23)31-28(9-3-10-29(31)35)34(44,16-5-17-38-33(42)43)27-8-4-19-39(22-27)32(41)25-13-11-24(12-14-25)21-37-18-15-30(36)40/h2-3,6-7,9-14,20,27,37-38,44H,4-5,8,15-19,21-22H2,1H3,(H2,36,40)(H,42,43)/t27-,34+/m1/s1. The van der Waals surface area contributed by atoms with Crippen LogP contribution in [0.2, 0.25) is 0 Å². The van der Waals surface area contributed by atoms with Gasteiger partial charge in [0, 0.05) is 56.2 Å². The normalized spacial score (nSPS) is 16.2. The van der Waals surface area contributed by atoms with Crippen molar-refractivity contribution in [3.8, 4) is 11.1 Å². The maximum atomic E-state index is 15.6. The Balaban J connectivity index is 1.59. The van der Waals surface area contributed by atoms with Gasteiger partial charge in [-0.3, -0.25) is 9.59 Å². The molecular formula is C34H41FN4O5. The molecule has 2 atom stereocenters. The van der Waals surface area contributed by atoms with E-state index >= 15 is 4.39 Å². The molecule has 1 saturated heterocycles. The SMILES string of the molecule is Cc1cccc(-c2c(F)cccc2[C@](O)(CCCNC(=O)O)[C@@H]2CCCN(C(=O)c3ccc(CNCCC(N)=O)cc3)C2)c1. The Labute approximate surface area is 257 Å². The number of primary amides is 1. The number of nitrogens with zero attached hydrogens (tertiary/aromatic N) is 1. The quantitative estimate of drug-likeness (QED) is 0.181. The van der Waals surface area contributed by atoms with E-state index in [1.165, 1.54) is 6.07 Å². The molecule has 0 spiro atoms. The van der Waals surface area contributed by atoms with Crippen LogP contribution < -0.4 is 16.4 Å². The molecule has 6 N–H and O–H groups in total. The summed E-state index contributed by atoms with van der Waals surface area (Å²) in [6.07, 6.45) is 0.875. The second-order valence-corrected chi connectivity index (χ2v) is 11.5. The first-order valence-corrected chi connectivity index (χ1v) is 15.0. The van der Waals surface area contributed by atoms with Crippen LogP contribution in [0.1, 0.15) is 59.2 Å². The van der Waals surface area contributed by atoms with Crippen molar-refractivity contribution in [2.75, 3.05) is 26.2 Å². The summed E-state index contributed by atoms with van der Waals surface area (Å²) in [6.45, 7) is 3.85. The fourth-order valence-corrected chi connectivity index (χ4v) is 6.03. The predicted molar refractivity (Wildman–Crippen MR) is 166 cm³/mol. The summed E-state index contributed by atoms with van der Waals surface area (Å²) in [6, 6.07) is 19.4. The van der Waals surface area contributed by atoms with Crippen LogP contribution in [0.5, 0.6) is 0 Å². The van der Waals surface area contributed by atoms with Crippen molar-refractivity contribution in [2.45, 2.75) is 51.2 Å². The fourth-order valence-electron chi connectivity index (χ4n) is 6.03. The summed E-state index contributed by atoms with van der Waals surface area (Å²) < 4.78 is 15.6. The number of hydrogen-bond donors (Lipinski definition) is 5. The monoisotopic (exact) mass is 604 g/mol. The first kappa shape index (κ1) is 32.6. The maximum Gasteiger partial charge on any atom is 0.404 e. The number of rotatable bonds is 13. The number of aliphatic hydroxyl groups is 1. The second kappa shape index (κ2) is 14.9. The number of carbonyl (C=O) groups excluding carboxylic acids is 2. The number of hydrogen-bond acceptors (Lipinski definition) is 5. The van der Waals surface area contributed by atoms with Crippen molar-refractivity contribution in [3.63, 3.8) is 0 Å². The zero-order valence-electron chi connectivity index (χ0n) is 25.0. The highest BCUT2D eigenvalue weighted by Gasteiger charge is 2.43. The number of likely N-dealkylation sites (tertiary alicyclic amines) is 1. The van der Waals surface area contributed by atoms with Crippen molar-refractivity contribution < 1.29 is 29.0 Å². The van der Waals surface area contributed by atoms with Gasteiger partial charge in [-0.2, -0.15) is 0 Å². The molecular weight excluding hydrogens is 563 g/mol. The van der Waals surface area contributed by atoms with Crippen molar-refractivity contribution in [2.24, 2.45) is 11.7 Å². The van der Waals surface area contributed by atoms with Crippen LogP contribution in [0.4, 0.5) is 9.18 Å². The zero-order chi connectivity index (χ0) is 31.7. The van der Waals surface area contributed by atoms with Crippen molar-refractivity contribution in [1.82, 2.24) is 15.5 Å². The number of amides is 3. The van der Waals surface area contributed by atoms with Crippen molar-refractivity contribution in [3.05, 3.63) is 94.8 Å². The number of carbonyl (C=O) groups is 3. The first-order chi connectivity index (χ1) is 21.1. The third kappa shape index (κ3) is 8.21. The minimum Gasteiger partial charge on any atom is -0.465 e. The average Bonchev–Trinajstić information content (AvgIpc) is 3.01. The molecule has 3 aromatic rings. The second-order valence-electron chi connectivity index (χ2n) is 11.5. The summed E-state index contributed by atoms with van der Waals surface area (Å²) in [7, 11) is 0. The molecule has 0 aromatic heterocycles. The number of aryl methyl sites for hydroxylation is 1. The molecule has 0 aliphatic carbocycles. The van der Waals surface area contributed by atoms with Crippen LogP contribution in [0, 0.1) is 18.7 Å². The lowest BCUT2D eigenvalue weighted by atomic mass is 9.72. The van der Waals surface area contributed by atoms with Gasteiger partial charge in [-0.15, -0.1) is 0 Å². The maximum absolute atomic E-state index is 15.6. The van der Waals surface area contributed by atoms with E-state index < -0.39 is 23.4 Å². The Morgan fingerprint density at radius 1 is 1.07 bits per heavy atom. The van der Waals surface area contributed by atoms with Gasteiger partial charge in [0.1, 0.15) is 5.82 Å². The summed E-state index contributed by atoms with van der Waals surface area (Å²) in [5.74, 6) is -1.39. The molecule has 3 aromatic carbocycles. The Morgan fingerprint density at radius 3 is 2.52 bits per heavy atom. The average molecular weight is 605 g/mol. The lowest BCUT2D eigenvalue weighted by molar-refractivity contribution is -0.117. The Morgan fingerprint density at radius 2 is 1.82 bits per heavy atom. The molecule has 234 valence electrons. The lowest BCUT2D eigenvalue weighted by Crippen LogP contribution is -2.48. The predicted octanol–water partition coefficient (Wildman–Crippen LogP) is 4.55. The number of benzene rings is 3. The van der Waals surface area contributed by atoms with Gasteiger partial charge in [0.25, 0.3) is 5.91 Å². The minimum absolute atomic E-state index is 0.131. The molecule has 1 fully saturated rings. The highest BCUT2D eigenvalue weighted by atomic mass is 19.1. The van der Waals surface area contributed by atoms with Crippen LogP contribution >= 0.6 is 0 Å². The summed E-state index contributed by atoms with van der Waals surface area (Å²) in [4.78, 5) is 37.4. The van der Waals surface area contributed by atoms with Gasteiger partial charge in [0.2, 0.25) is 5.91 Å². The highest BCUT2D eigenvalue weighted by molar-refractivity contribution is 5.94. The van der Waals surface area contributed by atoms with E-state index in [1.807, 2.05) is 43.3 Å². The molecule has 0 bridgehead atoms. The Hall–Kier alpha value is -4.28. The topological polar surface area (TPSA) is 145 Å². The van der Waals surface area contributed by atoms with Gasteiger partial charge in [0.15, 0.2) is 0 Å². The number of nitrogens with one attached hydrogen (secondary N) is 2. The van der Waals surface area contributed by atoms with Crippen LogP contribution in [0.25, 0.3) is 11.1 Å². The van der Waals surface area contributed by atoms with E-state index in [2.05, 4.69) is 10.6 Å². The number of halogens is 1. The largest absolute Gasteiger partial charge is 0.465 e. The van der Waals surface area contributed by atoms with Gasteiger partial charge in [-0.25, -0.2) is 9.18 Å². The third-order valence-corrected chi connectivity index (χ3v) is 8.26. The molecule has 0 saturated carbocycles. The number of carboxylic acid groups (broad SMARTS) is 1. The molecule has 1 aliphatic rings.